The summed E-state index contributed by atoms with van der Waals surface area (Å²) in [7, 11) is 0. The van der Waals surface area contributed by atoms with Gasteiger partial charge in [-0.3, -0.25) is 4.79 Å². The molecule has 1 aromatic carbocycles. The normalized spacial score (nSPS) is 13.2. The lowest BCUT2D eigenvalue weighted by atomic mass is 10.1. The van der Waals surface area contributed by atoms with E-state index in [0.717, 1.165) is 5.56 Å². The molecule has 1 rings (SSSR count). The minimum atomic E-state index is -2.86. The molecule has 2 N–H and O–H groups in total. The van der Waals surface area contributed by atoms with Crippen molar-refractivity contribution in [1.82, 2.24) is 0 Å². The van der Waals surface area contributed by atoms with E-state index in [2.05, 4.69) is 4.74 Å². The summed E-state index contributed by atoms with van der Waals surface area (Å²) in [6.07, 6.45) is 0.268. The fourth-order valence-electron chi connectivity index (χ4n) is 1.52. The van der Waals surface area contributed by atoms with E-state index in [4.69, 9.17) is 10.5 Å². The highest BCUT2D eigenvalue weighted by molar-refractivity contribution is 5.76. The van der Waals surface area contributed by atoms with Crippen LogP contribution in [0.15, 0.2) is 24.3 Å². The van der Waals surface area contributed by atoms with Crippen molar-refractivity contribution in [2.75, 3.05) is 0 Å². The average molecular weight is 287 g/mol. The van der Waals surface area contributed by atoms with Crippen LogP contribution in [0.2, 0.25) is 0 Å². The number of rotatable bonds is 5. The first kappa shape index (κ1) is 16.4. The fraction of sp³-hybridized carbons (Fsp3) is 0.500. The Morgan fingerprint density at radius 2 is 1.80 bits per heavy atom. The molecule has 0 aromatic heterocycles. The van der Waals surface area contributed by atoms with Gasteiger partial charge >= 0.3 is 12.6 Å². The second-order valence-electron chi connectivity index (χ2n) is 5.37. The summed E-state index contributed by atoms with van der Waals surface area (Å²) in [5.41, 5.74) is 5.90. The quantitative estimate of drug-likeness (QED) is 0.845. The van der Waals surface area contributed by atoms with Crippen LogP contribution in [-0.4, -0.2) is 24.2 Å². The van der Waals surface area contributed by atoms with E-state index in [0.29, 0.717) is 0 Å². The molecule has 0 unspecified atom stereocenters. The Hall–Kier alpha value is -1.69. The van der Waals surface area contributed by atoms with Gasteiger partial charge in [0.1, 0.15) is 17.4 Å². The largest absolute Gasteiger partial charge is 0.459 e. The lowest BCUT2D eigenvalue weighted by Gasteiger charge is -2.22. The molecular formula is C14H19F2NO3. The van der Waals surface area contributed by atoms with Gasteiger partial charge in [0.05, 0.1) is 0 Å². The third-order valence-electron chi connectivity index (χ3n) is 2.31. The number of hydrogen-bond acceptors (Lipinski definition) is 4. The second-order valence-corrected chi connectivity index (χ2v) is 5.37. The molecular weight excluding hydrogens is 268 g/mol. The molecule has 0 aliphatic heterocycles. The van der Waals surface area contributed by atoms with E-state index in [1.807, 2.05) is 0 Å². The maximum atomic E-state index is 12.0. The van der Waals surface area contributed by atoms with Gasteiger partial charge in [-0.1, -0.05) is 12.1 Å². The number of carbonyl (C=O) groups is 1. The number of ether oxygens (including phenoxy) is 2. The Bertz CT molecular complexity index is 441. The summed E-state index contributed by atoms with van der Waals surface area (Å²) in [6.45, 7) is 2.42. The molecule has 0 spiro atoms. The zero-order chi connectivity index (χ0) is 15.3. The van der Waals surface area contributed by atoms with Crippen LogP contribution in [0.5, 0.6) is 5.75 Å². The number of nitrogens with two attached hydrogens (primary N) is 1. The molecule has 0 bridgehead atoms. The van der Waals surface area contributed by atoms with Gasteiger partial charge in [-0.05, 0) is 44.9 Å². The highest BCUT2D eigenvalue weighted by atomic mass is 19.3. The SMILES string of the molecule is CC(C)(C)OC(=O)[C@@H](N)Cc1ccc(OC(F)F)cc1. The number of carbonyl (C=O) groups excluding carboxylic acids is 1. The average Bonchev–Trinajstić information content (AvgIpc) is 2.28. The summed E-state index contributed by atoms with van der Waals surface area (Å²) < 4.78 is 33.4. The number of halogens is 2. The molecule has 0 saturated carbocycles. The first-order chi connectivity index (χ1) is 9.17. The van der Waals surface area contributed by atoms with Crippen molar-refractivity contribution in [3.63, 3.8) is 0 Å². The minimum Gasteiger partial charge on any atom is -0.459 e. The molecule has 0 fully saturated rings. The van der Waals surface area contributed by atoms with E-state index < -0.39 is 24.2 Å². The van der Waals surface area contributed by atoms with Crippen LogP contribution in [0, 0.1) is 0 Å². The number of hydrogen-bond donors (Lipinski definition) is 1. The van der Waals surface area contributed by atoms with Crippen LogP contribution >= 0.6 is 0 Å². The van der Waals surface area contributed by atoms with Gasteiger partial charge in [-0.2, -0.15) is 8.78 Å². The van der Waals surface area contributed by atoms with Crippen molar-refractivity contribution in [1.29, 1.82) is 0 Å². The predicted octanol–water partition coefficient (Wildman–Crippen LogP) is 2.50. The van der Waals surface area contributed by atoms with Crippen LogP contribution in [-0.2, 0) is 16.0 Å². The Labute approximate surface area is 116 Å². The van der Waals surface area contributed by atoms with Gasteiger partial charge in [0.15, 0.2) is 0 Å². The molecule has 4 nitrogen and oxygen atoms in total. The van der Waals surface area contributed by atoms with E-state index in [1.54, 1.807) is 32.9 Å². The van der Waals surface area contributed by atoms with Crippen molar-refractivity contribution < 1.29 is 23.0 Å². The molecule has 0 radical (unpaired) electrons. The topological polar surface area (TPSA) is 61.5 Å². The maximum absolute atomic E-state index is 12.0. The Morgan fingerprint density at radius 3 is 2.25 bits per heavy atom. The molecule has 6 heteroatoms. The van der Waals surface area contributed by atoms with E-state index in [9.17, 15) is 13.6 Å². The zero-order valence-electron chi connectivity index (χ0n) is 11.7. The van der Waals surface area contributed by atoms with Crippen molar-refractivity contribution >= 4 is 5.97 Å². The Kier molecular flexibility index (Phi) is 5.44. The predicted molar refractivity (Wildman–Crippen MR) is 70.6 cm³/mol. The smallest absolute Gasteiger partial charge is 0.387 e. The van der Waals surface area contributed by atoms with E-state index in [-0.39, 0.29) is 12.2 Å². The summed E-state index contributed by atoms with van der Waals surface area (Å²) >= 11 is 0. The van der Waals surface area contributed by atoms with Gasteiger partial charge < -0.3 is 15.2 Å². The molecule has 1 atom stereocenters. The van der Waals surface area contributed by atoms with Crippen molar-refractivity contribution in [2.24, 2.45) is 5.73 Å². The highest BCUT2D eigenvalue weighted by Gasteiger charge is 2.22. The zero-order valence-corrected chi connectivity index (χ0v) is 11.7. The van der Waals surface area contributed by atoms with Crippen LogP contribution < -0.4 is 10.5 Å². The lowest BCUT2D eigenvalue weighted by molar-refractivity contribution is -0.156. The van der Waals surface area contributed by atoms with Crippen LogP contribution in [0.1, 0.15) is 26.3 Å². The maximum Gasteiger partial charge on any atom is 0.387 e. The Morgan fingerprint density at radius 1 is 1.25 bits per heavy atom. The fourth-order valence-corrected chi connectivity index (χ4v) is 1.52. The van der Waals surface area contributed by atoms with Crippen LogP contribution in [0.25, 0.3) is 0 Å². The molecule has 112 valence electrons. The number of alkyl halides is 2. The number of esters is 1. The first-order valence-corrected chi connectivity index (χ1v) is 6.19. The van der Waals surface area contributed by atoms with Gasteiger partial charge in [-0.15, -0.1) is 0 Å². The highest BCUT2D eigenvalue weighted by Crippen LogP contribution is 2.16. The van der Waals surface area contributed by atoms with Crippen LogP contribution in [0.3, 0.4) is 0 Å². The first-order valence-electron chi connectivity index (χ1n) is 6.19. The second kappa shape index (κ2) is 6.65. The van der Waals surface area contributed by atoms with Crippen LogP contribution in [0.4, 0.5) is 8.78 Å². The third kappa shape index (κ3) is 5.97. The van der Waals surface area contributed by atoms with Crippen molar-refractivity contribution in [2.45, 2.75) is 45.4 Å². The molecule has 0 amide bonds. The van der Waals surface area contributed by atoms with E-state index in [1.165, 1.54) is 12.1 Å². The molecule has 0 heterocycles. The summed E-state index contributed by atoms with van der Waals surface area (Å²) in [6, 6.07) is 5.19. The molecule has 0 saturated heterocycles. The molecule has 20 heavy (non-hydrogen) atoms. The molecule has 1 aromatic rings. The minimum absolute atomic E-state index is 0.0644. The summed E-state index contributed by atoms with van der Waals surface area (Å²) in [5, 5.41) is 0. The monoisotopic (exact) mass is 287 g/mol. The van der Waals surface area contributed by atoms with Crippen molar-refractivity contribution in [3.8, 4) is 5.75 Å². The Balaban J connectivity index is 2.58. The van der Waals surface area contributed by atoms with Gasteiger partial charge in [-0.25, -0.2) is 0 Å². The van der Waals surface area contributed by atoms with Crippen molar-refractivity contribution in [3.05, 3.63) is 29.8 Å². The standard InChI is InChI=1S/C14H19F2NO3/c1-14(2,3)20-12(18)11(17)8-9-4-6-10(7-5-9)19-13(15)16/h4-7,11,13H,8,17H2,1-3H3/t11-/m0/s1. The van der Waals surface area contributed by atoms with Gasteiger partial charge in [0.25, 0.3) is 0 Å². The number of benzene rings is 1. The van der Waals surface area contributed by atoms with Gasteiger partial charge in [0.2, 0.25) is 0 Å². The third-order valence-corrected chi connectivity index (χ3v) is 2.31. The molecule has 0 aliphatic rings. The summed E-state index contributed by atoms with van der Waals surface area (Å²) in [4.78, 5) is 11.7. The molecule has 0 aliphatic carbocycles. The van der Waals surface area contributed by atoms with Gasteiger partial charge in [0, 0.05) is 0 Å². The summed E-state index contributed by atoms with van der Waals surface area (Å²) in [5.74, 6) is -0.431. The lowest BCUT2D eigenvalue weighted by Crippen LogP contribution is -2.38. The van der Waals surface area contributed by atoms with E-state index >= 15 is 0 Å².